The number of carbonyl (C=O) groups is 1. The van der Waals surface area contributed by atoms with Crippen molar-refractivity contribution in [3.8, 4) is 0 Å². The molecule has 0 unspecified atom stereocenters. The molecular formula is C18H23NO3. The Morgan fingerprint density at radius 3 is 2.95 bits per heavy atom. The summed E-state index contributed by atoms with van der Waals surface area (Å²) in [5.41, 5.74) is 1.55. The smallest absolute Gasteiger partial charge is 0.254 e. The van der Waals surface area contributed by atoms with Crippen molar-refractivity contribution >= 4 is 16.9 Å². The highest BCUT2D eigenvalue weighted by Gasteiger charge is 2.25. The summed E-state index contributed by atoms with van der Waals surface area (Å²) in [6, 6.07) is 7.61. The van der Waals surface area contributed by atoms with Crippen LogP contribution >= 0.6 is 0 Å². The van der Waals surface area contributed by atoms with Crippen molar-refractivity contribution in [2.75, 3.05) is 19.7 Å². The number of amides is 1. The minimum atomic E-state index is 0.0813. The predicted molar refractivity (Wildman–Crippen MR) is 86.0 cm³/mol. The summed E-state index contributed by atoms with van der Waals surface area (Å²) in [7, 11) is 0. The second kappa shape index (κ2) is 6.13. The lowest BCUT2D eigenvalue weighted by Gasteiger charge is -2.33. The van der Waals surface area contributed by atoms with Crippen LogP contribution in [0.4, 0.5) is 0 Å². The van der Waals surface area contributed by atoms with E-state index in [1.165, 1.54) is 0 Å². The van der Waals surface area contributed by atoms with Crippen LogP contribution in [0.25, 0.3) is 11.0 Å². The summed E-state index contributed by atoms with van der Waals surface area (Å²) in [5, 5.41) is 0.982. The number of furan rings is 1. The van der Waals surface area contributed by atoms with Crippen LogP contribution in [0, 0.1) is 12.8 Å². The SMILES string of the molecule is Cc1cc2cc(C(=O)N3CCO[C@@H](CC(C)C)C3)ccc2o1. The molecule has 1 amide bonds. The topological polar surface area (TPSA) is 42.7 Å². The summed E-state index contributed by atoms with van der Waals surface area (Å²) >= 11 is 0. The minimum Gasteiger partial charge on any atom is -0.461 e. The minimum absolute atomic E-state index is 0.0813. The molecular weight excluding hydrogens is 278 g/mol. The lowest BCUT2D eigenvalue weighted by Crippen LogP contribution is -2.46. The van der Waals surface area contributed by atoms with Crippen LogP contribution in [0.15, 0.2) is 28.7 Å². The summed E-state index contributed by atoms with van der Waals surface area (Å²) in [6.07, 6.45) is 1.14. The highest BCUT2D eigenvalue weighted by Crippen LogP contribution is 2.22. The fourth-order valence-electron chi connectivity index (χ4n) is 3.06. The average Bonchev–Trinajstić information content (AvgIpc) is 2.85. The molecule has 1 aromatic carbocycles. The molecule has 118 valence electrons. The fourth-order valence-corrected chi connectivity index (χ4v) is 3.06. The average molecular weight is 301 g/mol. The van der Waals surface area contributed by atoms with E-state index in [4.69, 9.17) is 9.15 Å². The quantitative estimate of drug-likeness (QED) is 0.869. The number of benzene rings is 1. The first-order valence-corrected chi connectivity index (χ1v) is 7.94. The monoisotopic (exact) mass is 301 g/mol. The number of aryl methyl sites for hydroxylation is 1. The Morgan fingerprint density at radius 1 is 1.36 bits per heavy atom. The first kappa shape index (κ1) is 15.1. The molecule has 1 aromatic heterocycles. The van der Waals surface area contributed by atoms with E-state index in [0.717, 1.165) is 28.7 Å². The van der Waals surface area contributed by atoms with E-state index in [0.29, 0.717) is 25.6 Å². The van der Waals surface area contributed by atoms with Crippen LogP contribution in [0.5, 0.6) is 0 Å². The van der Waals surface area contributed by atoms with Gasteiger partial charge in [-0.1, -0.05) is 13.8 Å². The first-order chi connectivity index (χ1) is 10.5. The molecule has 1 aliphatic rings. The van der Waals surface area contributed by atoms with Gasteiger partial charge in [-0.05, 0) is 43.5 Å². The molecule has 0 bridgehead atoms. The zero-order valence-electron chi connectivity index (χ0n) is 13.5. The number of rotatable bonds is 3. The lowest BCUT2D eigenvalue weighted by atomic mass is 10.0. The number of carbonyl (C=O) groups excluding carboxylic acids is 1. The highest BCUT2D eigenvalue weighted by molar-refractivity contribution is 5.97. The maximum Gasteiger partial charge on any atom is 0.254 e. The number of ether oxygens (including phenoxy) is 1. The highest BCUT2D eigenvalue weighted by atomic mass is 16.5. The molecule has 0 aliphatic carbocycles. The summed E-state index contributed by atoms with van der Waals surface area (Å²) < 4.78 is 11.3. The molecule has 1 saturated heterocycles. The van der Waals surface area contributed by atoms with Crippen molar-refractivity contribution in [3.63, 3.8) is 0 Å². The van der Waals surface area contributed by atoms with Crippen molar-refractivity contribution in [1.82, 2.24) is 4.90 Å². The molecule has 0 N–H and O–H groups in total. The van der Waals surface area contributed by atoms with Crippen molar-refractivity contribution in [2.24, 2.45) is 5.92 Å². The third-order valence-corrected chi connectivity index (χ3v) is 4.05. The van der Waals surface area contributed by atoms with E-state index < -0.39 is 0 Å². The van der Waals surface area contributed by atoms with Crippen LogP contribution < -0.4 is 0 Å². The zero-order chi connectivity index (χ0) is 15.7. The summed E-state index contributed by atoms with van der Waals surface area (Å²) in [4.78, 5) is 14.6. The van der Waals surface area contributed by atoms with Crippen LogP contribution in [0.2, 0.25) is 0 Å². The Bertz CT molecular complexity index is 674. The standard InChI is InChI=1S/C18H23NO3/c1-12(2)8-16-11-19(6-7-21-16)18(20)14-4-5-17-15(10-14)9-13(3)22-17/h4-5,9-10,12,16H,6-8,11H2,1-3H3/t16-/m0/s1. The largest absolute Gasteiger partial charge is 0.461 e. The number of morpholine rings is 1. The molecule has 1 fully saturated rings. The molecule has 1 atom stereocenters. The molecule has 2 heterocycles. The van der Waals surface area contributed by atoms with E-state index in [-0.39, 0.29) is 12.0 Å². The molecule has 0 saturated carbocycles. The molecule has 3 rings (SSSR count). The van der Waals surface area contributed by atoms with Gasteiger partial charge in [0.25, 0.3) is 5.91 Å². The van der Waals surface area contributed by atoms with Gasteiger partial charge in [0.1, 0.15) is 11.3 Å². The van der Waals surface area contributed by atoms with Crippen molar-refractivity contribution in [2.45, 2.75) is 33.3 Å². The second-order valence-corrected chi connectivity index (χ2v) is 6.48. The Hall–Kier alpha value is -1.81. The van der Waals surface area contributed by atoms with E-state index in [1.807, 2.05) is 36.1 Å². The van der Waals surface area contributed by atoms with Crippen molar-refractivity contribution in [1.29, 1.82) is 0 Å². The molecule has 1 aliphatic heterocycles. The van der Waals surface area contributed by atoms with Gasteiger partial charge >= 0.3 is 0 Å². The Balaban J connectivity index is 1.76. The number of hydrogen-bond donors (Lipinski definition) is 0. The number of hydrogen-bond acceptors (Lipinski definition) is 3. The van der Waals surface area contributed by atoms with Gasteiger partial charge in [0.05, 0.1) is 12.7 Å². The van der Waals surface area contributed by atoms with E-state index in [2.05, 4.69) is 13.8 Å². The molecule has 22 heavy (non-hydrogen) atoms. The number of nitrogens with zero attached hydrogens (tertiary/aromatic N) is 1. The van der Waals surface area contributed by atoms with Gasteiger partial charge in [-0.15, -0.1) is 0 Å². The third-order valence-electron chi connectivity index (χ3n) is 4.05. The molecule has 4 heteroatoms. The van der Waals surface area contributed by atoms with Gasteiger partial charge in [0.2, 0.25) is 0 Å². The molecule has 4 nitrogen and oxygen atoms in total. The Kier molecular flexibility index (Phi) is 4.21. The summed E-state index contributed by atoms with van der Waals surface area (Å²) in [5.74, 6) is 1.52. The Morgan fingerprint density at radius 2 is 2.18 bits per heavy atom. The van der Waals surface area contributed by atoms with Crippen molar-refractivity contribution in [3.05, 3.63) is 35.6 Å². The third kappa shape index (κ3) is 3.17. The van der Waals surface area contributed by atoms with Gasteiger partial charge in [0.15, 0.2) is 0 Å². The normalized spacial score (nSPS) is 19.1. The first-order valence-electron chi connectivity index (χ1n) is 7.94. The Labute approximate surface area is 131 Å². The van der Waals surface area contributed by atoms with Crippen LogP contribution in [-0.4, -0.2) is 36.6 Å². The number of fused-ring (bicyclic) bond motifs is 1. The van der Waals surface area contributed by atoms with Gasteiger partial charge in [-0.2, -0.15) is 0 Å². The van der Waals surface area contributed by atoms with Crippen LogP contribution in [-0.2, 0) is 4.74 Å². The molecule has 0 radical (unpaired) electrons. The van der Waals surface area contributed by atoms with E-state index in [9.17, 15) is 4.79 Å². The second-order valence-electron chi connectivity index (χ2n) is 6.48. The van der Waals surface area contributed by atoms with Crippen LogP contribution in [0.1, 0.15) is 36.4 Å². The van der Waals surface area contributed by atoms with Gasteiger partial charge in [0, 0.05) is 24.0 Å². The van der Waals surface area contributed by atoms with Crippen molar-refractivity contribution < 1.29 is 13.9 Å². The maximum atomic E-state index is 12.7. The van der Waals surface area contributed by atoms with Gasteiger partial charge in [-0.25, -0.2) is 0 Å². The fraction of sp³-hybridized carbons (Fsp3) is 0.500. The molecule has 0 spiro atoms. The maximum absolute atomic E-state index is 12.7. The summed E-state index contributed by atoms with van der Waals surface area (Å²) in [6.45, 7) is 8.24. The lowest BCUT2D eigenvalue weighted by molar-refractivity contribution is -0.0297. The predicted octanol–water partition coefficient (Wildman–Crippen LogP) is 3.63. The van der Waals surface area contributed by atoms with Crippen LogP contribution in [0.3, 0.4) is 0 Å². The van der Waals surface area contributed by atoms with E-state index >= 15 is 0 Å². The van der Waals surface area contributed by atoms with Gasteiger partial charge < -0.3 is 14.1 Å². The van der Waals surface area contributed by atoms with Gasteiger partial charge in [-0.3, -0.25) is 4.79 Å². The zero-order valence-corrected chi connectivity index (χ0v) is 13.5. The van der Waals surface area contributed by atoms with E-state index in [1.54, 1.807) is 0 Å². The molecule has 2 aromatic rings.